The zero-order chi connectivity index (χ0) is 20.6. The highest BCUT2D eigenvalue weighted by Crippen LogP contribution is 2.52. The number of alkyl halides is 3. The summed E-state index contributed by atoms with van der Waals surface area (Å²) in [5.41, 5.74) is 2.37. The third kappa shape index (κ3) is 5.08. The molecule has 1 heterocycles. The lowest BCUT2D eigenvalue weighted by molar-refractivity contribution is -0.274. The molecule has 2 aromatic rings. The molecule has 1 aliphatic carbocycles. The van der Waals surface area contributed by atoms with Gasteiger partial charge in [0.05, 0.1) is 0 Å². The van der Waals surface area contributed by atoms with Crippen LogP contribution in [0.5, 0.6) is 5.75 Å². The lowest BCUT2D eigenvalue weighted by atomic mass is 10.1. The second-order valence-electron chi connectivity index (χ2n) is 8.03. The first-order chi connectivity index (χ1) is 13.8. The van der Waals surface area contributed by atoms with Gasteiger partial charge in [0.2, 0.25) is 0 Å². The minimum Gasteiger partial charge on any atom is -0.658 e. The van der Waals surface area contributed by atoms with E-state index in [1.165, 1.54) is 12.1 Å². The summed E-state index contributed by atoms with van der Waals surface area (Å²) in [6.07, 6.45) is -4.68. The van der Waals surface area contributed by atoms with Crippen LogP contribution in [0.25, 0.3) is 5.32 Å². The highest BCUT2D eigenvalue weighted by molar-refractivity contribution is 5.30. The van der Waals surface area contributed by atoms with Crippen LogP contribution in [-0.4, -0.2) is 30.9 Å². The Kier molecular flexibility index (Phi) is 5.53. The smallest absolute Gasteiger partial charge is 0.573 e. The van der Waals surface area contributed by atoms with E-state index in [0.717, 1.165) is 31.7 Å². The van der Waals surface area contributed by atoms with Crippen molar-refractivity contribution in [3.63, 3.8) is 0 Å². The van der Waals surface area contributed by atoms with E-state index in [4.69, 9.17) is 0 Å². The van der Waals surface area contributed by atoms with Crippen molar-refractivity contribution in [1.29, 1.82) is 0 Å². The van der Waals surface area contributed by atoms with E-state index >= 15 is 0 Å². The van der Waals surface area contributed by atoms with Gasteiger partial charge in [0.15, 0.2) is 0 Å². The Labute approximate surface area is 167 Å². The van der Waals surface area contributed by atoms with Gasteiger partial charge in [-0.25, -0.2) is 4.39 Å². The Morgan fingerprint density at radius 3 is 2.52 bits per heavy atom. The predicted octanol–water partition coefficient (Wildman–Crippen LogP) is 5.28. The molecule has 0 bridgehead atoms. The molecule has 2 atom stereocenters. The molecule has 0 spiro atoms. The third-order valence-corrected chi connectivity index (χ3v) is 5.86. The molecule has 0 radical (unpaired) electrons. The maximum atomic E-state index is 13.7. The first-order valence-electron chi connectivity index (χ1n) is 9.74. The molecule has 1 saturated heterocycles. The Bertz CT molecular complexity index is 858. The SMILES string of the molecule is Cc1ccc(CN2CC3C(C[N-]Cc4cccc(OC(F)(F)F)c4)C3C2)cc1F. The van der Waals surface area contributed by atoms with Gasteiger partial charge in [-0.3, -0.25) is 4.90 Å². The fraction of sp³-hybridized carbons (Fsp3) is 0.455. The number of fused-ring (bicyclic) bond motifs is 1. The number of hydrogen-bond donors (Lipinski definition) is 0. The van der Waals surface area contributed by atoms with Gasteiger partial charge in [-0.1, -0.05) is 35.7 Å². The standard InChI is InChI=1S/C22H23F4N2O/c1-14-5-6-16(8-21(14)23)11-28-12-19-18(20(19)13-28)10-27-9-15-3-2-4-17(7-15)29-22(24,25)26/h2-8,18-20H,9-13H2,1H3/q-1. The number of benzene rings is 2. The van der Waals surface area contributed by atoms with Crippen molar-refractivity contribution >= 4 is 0 Å². The number of likely N-dealkylation sites (tertiary alicyclic amines) is 1. The molecule has 156 valence electrons. The summed E-state index contributed by atoms with van der Waals surface area (Å²) in [6.45, 7) is 5.63. The van der Waals surface area contributed by atoms with Crippen molar-refractivity contribution in [1.82, 2.24) is 4.90 Å². The van der Waals surface area contributed by atoms with Crippen LogP contribution in [0.3, 0.4) is 0 Å². The number of aryl methyl sites for hydroxylation is 1. The maximum Gasteiger partial charge on any atom is 0.573 e. The molecule has 2 aliphatic rings. The molecule has 2 aromatic carbocycles. The van der Waals surface area contributed by atoms with Crippen molar-refractivity contribution in [2.24, 2.45) is 17.8 Å². The Balaban J connectivity index is 1.19. The van der Waals surface area contributed by atoms with Gasteiger partial charge in [0.25, 0.3) is 0 Å². The van der Waals surface area contributed by atoms with Crippen molar-refractivity contribution < 1.29 is 22.3 Å². The normalized spacial score (nSPS) is 23.8. The third-order valence-electron chi connectivity index (χ3n) is 5.86. The second-order valence-corrected chi connectivity index (χ2v) is 8.03. The number of halogens is 4. The van der Waals surface area contributed by atoms with Crippen LogP contribution < -0.4 is 4.74 Å². The average molecular weight is 407 g/mol. The molecular weight excluding hydrogens is 384 g/mol. The van der Waals surface area contributed by atoms with E-state index in [9.17, 15) is 17.6 Å². The quantitative estimate of drug-likeness (QED) is 0.584. The molecule has 1 aliphatic heterocycles. The van der Waals surface area contributed by atoms with Gasteiger partial charge in [-0.05, 0) is 48.1 Å². The highest BCUT2D eigenvalue weighted by Gasteiger charge is 2.52. The number of piperidine rings is 1. The summed E-state index contributed by atoms with van der Waals surface area (Å²) in [6, 6.07) is 11.4. The van der Waals surface area contributed by atoms with E-state index in [1.54, 1.807) is 25.1 Å². The summed E-state index contributed by atoms with van der Waals surface area (Å²) in [7, 11) is 0. The van der Waals surface area contributed by atoms with Crippen LogP contribution in [-0.2, 0) is 13.1 Å². The van der Waals surface area contributed by atoms with E-state index in [1.807, 2.05) is 12.1 Å². The van der Waals surface area contributed by atoms with Crippen LogP contribution in [0.15, 0.2) is 42.5 Å². The maximum absolute atomic E-state index is 13.7. The van der Waals surface area contributed by atoms with Gasteiger partial charge in [0.1, 0.15) is 11.6 Å². The van der Waals surface area contributed by atoms with Gasteiger partial charge >= 0.3 is 6.36 Å². The molecule has 3 nitrogen and oxygen atoms in total. The molecule has 0 aromatic heterocycles. The summed E-state index contributed by atoms with van der Waals surface area (Å²) in [4.78, 5) is 2.36. The minimum atomic E-state index is -4.68. The summed E-state index contributed by atoms with van der Waals surface area (Å²) >= 11 is 0. The predicted molar refractivity (Wildman–Crippen MR) is 102 cm³/mol. The summed E-state index contributed by atoms with van der Waals surface area (Å²) in [5.74, 6) is 1.42. The van der Waals surface area contributed by atoms with Crippen LogP contribution in [0.4, 0.5) is 17.6 Å². The lowest BCUT2D eigenvalue weighted by Crippen LogP contribution is -2.24. The molecule has 7 heteroatoms. The van der Waals surface area contributed by atoms with Crippen LogP contribution in [0, 0.1) is 30.5 Å². The van der Waals surface area contributed by atoms with E-state index < -0.39 is 6.36 Å². The van der Waals surface area contributed by atoms with Gasteiger partial charge in [0, 0.05) is 19.6 Å². The molecule has 2 fully saturated rings. The molecule has 0 N–H and O–H groups in total. The summed E-state index contributed by atoms with van der Waals surface area (Å²) in [5, 5.41) is 4.55. The fourth-order valence-corrected chi connectivity index (χ4v) is 4.31. The zero-order valence-electron chi connectivity index (χ0n) is 16.1. The molecular formula is C22H23F4N2O-. The van der Waals surface area contributed by atoms with Crippen molar-refractivity contribution in [2.75, 3.05) is 19.6 Å². The van der Waals surface area contributed by atoms with Crippen LogP contribution in [0.2, 0.25) is 0 Å². The Hall–Kier alpha value is -2.12. The van der Waals surface area contributed by atoms with E-state index in [0.29, 0.717) is 35.4 Å². The van der Waals surface area contributed by atoms with E-state index in [-0.39, 0.29) is 11.6 Å². The van der Waals surface area contributed by atoms with Gasteiger partial charge in [-0.2, -0.15) is 0 Å². The molecule has 2 unspecified atom stereocenters. The number of rotatable bonds is 7. The minimum absolute atomic E-state index is 0.159. The average Bonchev–Trinajstić information content (AvgIpc) is 3.08. The first kappa shape index (κ1) is 20.2. The van der Waals surface area contributed by atoms with Gasteiger partial charge < -0.3 is 10.1 Å². The zero-order valence-corrected chi connectivity index (χ0v) is 16.1. The Morgan fingerprint density at radius 2 is 1.83 bits per heavy atom. The van der Waals surface area contributed by atoms with Crippen molar-refractivity contribution in [2.45, 2.75) is 26.4 Å². The van der Waals surface area contributed by atoms with Crippen LogP contribution >= 0.6 is 0 Å². The molecule has 29 heavy (non-hydrogen) atoms. The molecule has 1 saturated carbocycles. The van der Waals surface area contributed by atoms with Crippen molar-refractivity contribution in [3.8, 4) is 5.75 Å². The fourth-order valence-electron chi connectivity index (χ4n) is 4.31. The van der Waals surface area contributed by atoms with Crippen molar-refractivity contribution in [3.05, 3.63) is 70.3 Å². The first-order valence-corrected chi connectivity index (χ1v) is 9.74. The van der Waals surface area contributed by atoms with Crippen LogP contribution in [0.1, 0.15) is 16.7 Å². The second kappa shape index (κ2) is 7.95. The Morgan fingerprint density at radius 1 is 1.07 bits per heavy atom. The topological polar surface area (TPSA) is 26.6 Å². The largest absolute Gasteiger partial charge is 0.658 e. The lowest BCUT2D eigenvalue weighted by Gasteiger charge is -2.24. The molecule has 0 amide bonds. The highest BCUT2D eigenvalue weighted by atomic mass is 19.4. The van der Waals surface area contributed by atoms with E-state index in [2.05, 4.69) is 15.0 Å². The molecule has 4 rings (SSSR count). The number of hydrogen-bond acceptors (Lipinski definition) is 2. The monoisotopic (exact) mass is 407 g/mol. The number of ether oxygens (including phenoxy) is 1. The summed E-state index contributed by atoms with van der Waals surface area (Å²) < 4.78 is 54.6. The van der Waals surface area contributed by atoms with Gasteiger partial charge in [-0.15, -0.1) is 26.3 Å². The number of nitrogens with zero attached hydrogens (tertiary/aromatic N) is 2.